The molecule has 0 bridgehead atoms. The summed E-state index contributed by atoms with van der Waals surface area (Å²) in [6.45, 7) is 6.57. The van der Waals surface area contributed by atoms with Gasteiger partial charge in [-0.1, -0.05) is 6.07 Å². The Labute approximate surface area is 556 Å². The molecule has 33 nitrogen and oxygen atoms in total. The minimum atomic E-state index is -4.63. The number of H-pyrrole nitrogens is 1. The summed E-state index contributed by atoms with van der Waals surface area (Å²) >= 11 is 0. The van der Waals surface area contributed by atoms with Crippen LogP contribution in [0.4, 0.5) is 5.95 Å². The average Bonchev–Trinajstić information content (AvgIpc) is 0.809. The van der Waals surface area contributed by atoms with Crippen molar-refractivity contribution in [3.8, 4) is 5.75 Å². The molecule has 0 saturated carbocycles. The lowest BCUT2D eigenvalue weighted by atomic mass is 10.1. The molecule has 4 amide bonds. The molecule has 0 radical (unpaired) electrons. The lowest BCUT2D eigenvalue weighted by Crippen LogP contribution is -2.52. The van der Waals surface area contributed by atoms with E-state index < -0.39 is 69.4 Å². The van der Waals surface area contributed by atoms with Gasteiger partial charge in [-0.05, 0) is 99.9 Å². The monoisotopic (exact) mass is 1370 g/mol. The van der Waals surface area contributed by atoms with E-state index >= 15 is 0 Å². The van der Waals surface area contributed by atoms with Gasteiger partial charge in [0.25, 0.3) is 15.9 Å². The van der Waals surface area contributed by atoms with Crippen LogP contribution in [0, 0.1) is 13.8 Å². The normalized spacial score (nSPS) is 14.4. The van der Waals surface area contributed by atoms with E-state index in [0.717, 1.165) is 5.56 Å². The number of hydrogen-bond acceptors (Lipinski definition) is 22. The average molecular weight is 1370 g/mol. The zero-order valence-electron chi connectivity index (χ0n) is 54.6. The molecule has 5 rings (SSSR count). The van der Waals surface area contributed by atoms with Crippen molar-refractivity contribution in [1.82, 2.24) is 55.4 Å². The predicted molar refractivity (Wildman–Crippen MR) is 352 cm³/mol. The highest BCUT2D eigenvalue weighted by Gasteiger charge is 2.27. The number of aliphatic carboxylic acids is 4. The molecular formula is C62H92N14O19S. The van der Waals surface area contributed by atoms with Gasteiger partial charge in [-0.25, -0.2) is 9.78 Å². The van der Waals surface area contributed by atoms with Crippen molar-refractivity contribution in [3.63, 3.8) is 0 Å². The number of fused-ring (bicyclic) bond motifs is 1. The number of benzene rings is 2. The number of nitrogens with two attached hydrogens (primary N) is 1. The molecule has 1 aliphatic heterocycles. The van der Waals surface area contributed by atoms with Crippen molar-refractivity contribution >= 4 is 80.1 Å². The first kappa shape index (κ1) is 78.2. The van der Waals surface area contributed by atoms with Gasteiger partial charge in [-0.15, -0.1) is 0 Å². The number of hydrogen-bond donors (Lipinski definition) is 11. The third-order valence-corrected chi connectivity index (χ3v) is 16.7. The summed E-state index contributed by atoms with van der Waals surface area (Å²) in [7, 11) is -2.99. The number of carbonyl (C=O) groups is 8. The number of aromatic amines is 1. The SMILES string of the molecule is Cc1cc(OCCCC(=O)NCCCOCCOCCOCCCNC(=O)[C@@H](CCCCN)NC(=O)CN2CCN(CC(=O)O)CCN(CC(=O)O)CCN(CC(=O)O)CC2)cc(C)c1S(=O)(=O)/N=C(\CNC(=O)c1cn(C)c2cc(CNc3ncc[nH]3)ccc2c1=O)C(=O)O. The molecule has 34 heteroatoms. The highest BCUT2D eigenvalue weighted by molar-refractivity contribution is 7.90. The fraction of sp³-hybridized carbons (Fsp3) is 0.565. The van der Waals surface area contributed by atoms with Crippen LogP contribution < -0.4 is 42.5 Å². The van der Waals surface area contributed by atoms with Gasteiger partial charge in [-0.2, -0.15) is 12.8 Å². The predicted octanol–water partition coefficient (Wildman–Crippen LogP) is -0.555. The molecule has 530 valence electrons. The van der Waals surface area contributed by atoms with Gasteiger partial charge in [0, 0.05) is 123 Å². The molecule has 1 atom stereocenters. The number of nitrogens with zero attached hydrogens (tertiary/aromatic N) is 7. The summed E-state index contributed by atoms with van der Waals surface area (Å²) in [5, 5.41) is 52.6. The molecule has 3 heterocycles. The molecule has 2 aromatic carbocycles. The molecule has 96 heavy (non-hydrogen) atoms. The minimum absolute atomic E-state index is 0.130. The van der Waals surface area contributed by atoms with Crippen LogP contribution in [0.3, 0.4) is 0 Å². The standard InChI is InChI=1S/C62H92N14O19S/c1-43-33-46(34-44(2)58(43)96(90,91)71-50(61(88)89)37-68-59(86)48-38-72(3)51-35-45(11-12-47(51)57(48)85)36-69-62-66-16-17-67-62)95-28-6-10-52(77)64-14-7-26-92-29-31-94-32-30-93-27-8-15-65-60(87)49(9-4-5-13-63)70-53(78)39-73-18-20-74(40-54(79)80)22-24-76(42-56(83)84)25-23-75(21-19-73)41-55(81)82/h11-12,16-17,33-35,38,49H,4-10,13-15,18-32,36-37,39-42,63H2,1-3H3,(H,64,77)(H,65,87)(H,68,86)(H,70,78)(H,79,80)(H,81,82)(H,83,84)(H,88,89)(H2,66,67,69)/b71-50+/t49-/m1/s1. The zero-order chi connectivity index (χ0) is 70.0. The van der Waals surface area contributed by atoms with Crippen LogP contribution in [0.25, 0.3) is 10.9 Å². The maximum Gasteiger partial charge on any atom is 0.353 e. The smallest absolute Gasteiger partial charge is 0.353 e. The van der Waals surface area contributed by atoms with Gasteiger partial charge in [-0.3, -0.25) is 58.0 Å². The van der Waals surface area contributed by atoms with Crippen LogP contribution in [0.15, 0.2) is 63.0 Å². The number of carbonyl (C=O) groups excluding carboxylic acids is 4. The van der Waals surface area contributed by atoms with E-state index in [0.29, 0.717) is 115 Å². The number of nitrogens with one attached hydrogen (secondary N) is 6. The van der Waals surface area contributed by atoms with Gasteiger partial charge in [0.15, 0.2) is 11.7 Å². The van der Waals surface area contributed by atoms with E-state index in [9.17, 15) is 72.0 Å². The second-order valence-electron chi connectivity index (χ2n) is 22.8. The molecular weight excluding hydrogens is 1280 g/mol. The largest absolute Gasteiger partial charge is 0.494 e. The van der Waals surface area contributed by atoms with Crippen molar-refractivity contribution in [1.29, 1.82) is 0 Å². The molecule has 1 aliphatic rings. The summed E-state index contributed by atoms with van der Waals surface area (Å²) in [6.07, 6.45) is 7.67. The number of anilines is 1. The Morgan fingerprint density at radius 1 is 0.688 bits per heavy atom. The first-order chi connectivity index (χ1) is 45.9. The van der Waals surface area contributed by atoms with Crippen LogP contribution in [-0.4, -0.2) is 273 Å². The first-order valence-corrected chi connectivity index (χ1v) is 33.1. The Morgan fingerprint density at radius 3 is 1.77 bits per heavy atom. The van der Waals surface area contributed by atoms with Gasteiger partial charge in [0.2, 0.25) is 23.2 Å². The number of aromatic nitrogens is 3. The van der Waals surface area contributed by atoms with Crippen LogP contribution in [0.1, 0.15) is 72.0 Å². The van der Waals surface area contributed by atoms with E-state index in [1.807, 2.05) is 0 Å². The maximum atomic E-state index is 13.6. The van der Waals surface area contributed by atoms with Gasteiger partial charge in [0.05, 0.1) is 76.2 Å². The number of sulfonamides is 1. The number of amides is 4. The van der Waals surface area contributed by atoms with Crippen LogP contribution in [-0.2, 0) is 71.4 Å². The van der Waals surface area contributed by atoms with E-state index in [-0.39, 0.29) is 137 Å². The summed E-state index contributed by atoms with van der Waals surface area (Å²) < 4.78 is 55.0. The van der Waals surface area contributed by atoms with E-state index in [2.05, 4.69) is 40.9 Å². The quantitative estimate of drug-likeness (QED) is 0.0196. The van der Waals surface area contributed by atoms with Crippen LogP contribution >= 0.6 is 0 Å². The number of carboxylic acid groups (broad SMARTS) is 4. The second kappa shape index (κ2) is 41.5. The van der Waals surface area contributed by atoms with Crippen LogP contribution in [0.5, 0.6) is 5.75 Å². The molecule has 1 saturated heterocycles. The van der Waals surface area contributed by atoms with Crippen molar-refractivity contribution in [2.75, 3.05) is 156 Å². The number of rotatable bonds is 42. The number of unbranched alkanes of at least 4 members (excludes halogenated alkanes) is 1. The summed E-state index contributed by atoms with van der Waals surface area (Å²) in [6, 6.07) is 7.13. The van der Waals surface area contributed by atoms with Gasteiger partial charge in [0.1, 0.15) is 17.4 Å². The highest BCUT2D eigenvalue weighted by Crippen LogP contribution is 2.28. The third-order valence-electron chi connectivity index (χ3n) is 15.1. The molecule has 1 fully saturated rings. The van der Waals surface area contributed by atoms with Crippen molar-refractivity contribution < 1.29 is 86.1 Å². The Bertz CT molecular complexity index is 3370. The van der Waals surface area contributed by atoms with Gasteiger partial charge >= 0.3 is 23.9 Å². The summed E-state index contributed by atoms with van der Waals surface area (Å²) in [5.41, 5.74) is 5.72. The van der Waals surface area contributed by atoms with Crippen molar-refractivity contribution in [3.05, 3.63) is 81.4 Å². The third kappa shape index (κ3) is 28.5. The fourth-order valence-corrected chi connectivity index (χ4v) is 11.8. The lowest BCUT2D eigenvalue weighted by molar-refractivity contribution is -0.140. The summed E-state index contributed by atoms with van der Waals surface area (Å²) in [4.78, 5) is 127. The molecule has 0 unspecified atom stereocenters. The molecule has 0 spiro atoms. The summed E-state index contributed by atoms with van der Waals surface area (Å²) in [5.74, 6) is -5.96. The number of aryl methyl sites for hydroxylation is 3. The van der Waals surface area contributed by atoms with Crippen LogP contribution in [0.2, 0.25) is 0 Å². The van der Waals surface area contributed by atoms with Crippen molar-refractivity contribution in [2.45, 2.75) is 76.3 Å². The maximum absolute atomic E-state index is 13.6. The lowest BCUT2D eigenvalue weighted by Gasteiger charge is -2.33. The van der Waals surface area contributed by atoms with E-state index in [1.54, 1.807) is 61.8 Å². The number of pyridine rings is 1. The van der Waals surface area contributed by atoms with E-state index in [1.165, 1.54) is 32.2 Å². The zero-order valence-corrected chi connectivity index (χ0v) is 55.5. The Balaban J connectivity index is 0.922. The Hall–Kier alpha value is -8.48. The molecule has 12 N–H and O–H groups in total. The molecule has 4 aromatic rings. The second-order valence-corrected chi connectivity index (χ2v) is 24.4. The molecule has 2 aromatic heterocycles. The molecule has 0 aliphatic carbocycles. The minimum Gasteiger partial charge on any atom is -0.494 e. The number of ether oxygens (including phenoxy) is 4. The number of carboxylic acids is 4. The van der Waals surface area contributed by atoms with Crippen molar-refractivity contribution in [2.24, 2.45) is 17.2 Å². The van der Waals surface area contributed by atoms with Gasteiger partial charge < -0.3 is 81.2 Å². The Kier molecular flexibility index (Phi) is 33.8. The fourth-order valence-electron chi connectivity index (χ4n) is 10.3. The Morgan fingerprint density at radius 2 is 1.24 bits per heavy atom. The highest BCUT2D eigenvalue weighted by atomic mass is 32.2. The number of imidazole rings is 1. The first-order valence-electron chi connectivity index (χ1n) is 31.7. The topological polar surface area (TPSA) is 451 Å². The van der Waals surface area contributed by atoms with E-state index in [4.69, 9.17) is 24.7 Å².